The van der Waals surface area contributed by atoms with Gasteiger partial charge in [0, 0.05) is 0 Å². The van der Waals surface area contributed by atoms with Crippen molar-refractivity contribution in [3.8, 4) is 0 Å². The molecule has 0 heterocycles. The molecule has 170 valence electrons. The first-order valence-corrected chi connectivity index (χ1v) is 12.1. The molecule has 0 aromatic heterocycles. The average molecular weight is 419 g/mol. The summed E-state index contributed by atoms with van der Waals surface area (Å²) in [4.78, 5) is 24.7. The number of carbonyl (C=O) groups is 2. The maximum absolute atomic E-state index is 12.4. The molecule has 0 spiro atoms. The van der Waals surface area contributed by atoms with Crippen molar-refractivity contribution in [3.63, 3.8) is 0 Å². The topological polar surface area (TPSA) is 52.6 Å². The van der Waals surface area contributed by atoms with E-state index in [1.54, 1.807) is 24.3 Å². The van der Waals surface area contributed by atoms with Gasteiger partial charge in [-0.05, 0) is 44.4 Å². The summed E-state index contributed by atoms with van der Waals surface area (Å²) < 4.78 is 10.9. The van der Waals surface area contributed by atoms with Gasteiger partial charge < -0.3 is 9.47 Å². The molecule has 1 atom stereocenters. The second-order valence-electron chi connectivity index (χ2n) is 8.26. The van der Waals surface area contributed by atoms with Gasteiger partial charge in [0.2, 0.25) is 0 Å². The molecular weight excluding hydrogens is 376 g/mol. The van der Waals surface area contributed by atoms with Gasteiger partial charge in [0.25, 0.3) is 0 Å². The number of esters is 2. The molecule has 0 N–H and O–H groups in total. The van der Waals surface area contributed by atoms with Crippen LogP contribution in [0.2, 0.25) is 0 Å². The second kappa shape index (κ2) is 16.9. The van der Waals surface area contributed by atoms with Crippen LogP contribution in [0.1, 0.15) is 125 Å². The standard InChI is InChI=1S/C26H42O4/c1-4-6-8-10-12-14-17-22(3)30-26(28)24-19-16-18-23(21-24)25(27)29-20-15-13-11-9-7-5-2/h16,18-19,21-22H,4-15,17,20H2,1-3H3. The fourth-order valence-corrected chi connectivity index (χ4v) is 3.43. The quantitative estimate of drug-likeness (QED) is 0.194. The maximum Gasteiger partial charge on any atom is 0.338 e. The molecule has 1 aromatic rings. The summed E-state index contributed by atoms with van der Waals surface area (Å²) in [6.45, 7) is 6.77. The number of rotatable bonds is 17. The molecule has 30 heavy (non-hydrogen) atoms. The molecule has 0 aliphatic heterocycles. The molecule has 0 amide bonds. The highest BCUT2D eigenvalue weighted by atomic mass is 16.5. The maximum atomic E-state index is 12.4. The lowest BCUT2D eigenvalue weighted by molar-refractivity contribution is 0.0319. The minimum absolute atomic E-state index is 0.119. The number of carbonyl (C=O) groups excluding carboxylic acids is 2. The summed E-state index contributed by atoms with van der Waals surface area (Å²) in [5.74, 6) is -0.752. The monoisotopic (exact) mass is 418 g/mol. The summed E-state index contributed by atoms with van der Waals surface area (Å²) in [6, 6.07) is 6.64. The molecule has 1 unspecified atom stereocenters. The van der Waals surface area contributed by atoms with Crippen LogP contribution in [0, 0.1) is 0 Å². The Balaban J connectivity index is 2.33. The van der Waals surface area contributed by atoms with Crippen LogP contribution in [0.15, 0.2) is 24.3 Å². The third kappa shape index (κ3) is 12.0. The summed E-state index contributed by atoms with van der Waals surface area (Å²) in [5, 5.41) is 0. The molecule has 4 nitrogen and oxygen atoms in total. The van der Waals surface area contributed by atoms with Crippen molar-refractivity contribution in [2.24, 2.45) is 0 Å². The fourth-order valence-electron chi connectivity index (χ4n) is 3.43. The highest BCUT2D eigenvalue weighted by molar-refractivity contribution is 5.95. The van der Waals surface area contributed by atoms with Crippen LogP contribution in [-0.4, -0.2) is 24.6 Å². The van der Waals surface area contributed by atoms with Crippen LogP contribution >= 0.6 is 0 Å². The first kappa shape index (κ1) is 26.2. The van der Waals surface area contributed by atoms with Crippen molar-refractivity contribution < 1.29 is 19.1 Å². The summed E-state index contributed by atoms with van der Waals surface area (Å²) >= 11 is 0. The third-order valence-corrected chi connectivity index (χ3v) is 5.34. The van der Waals surface area contributed by atoms with E-state index in [9.17, 15) is 9.59 Å². The zero-order valence-electron chi connectivity index (χ0n) is 19.4. The van der Waals surface area contributed by atoms with E-state index in [2.05, 4.69) is 13.8 Å². The van der Waals surface area contributed by atoms with E-state index in [4.69, 9.17) is 9.47 Å². The predicted molar refractivity (Wildman–Crippen MR) is 123 cm³/mol. The first-order valence-electron chi connectivity index (χ1n) is 12.1. The zero-order chi connectivity index (χ0) is 22.0. The molecule has 0 fully saturated rings. The van der Waals surface area contributed by atoms with Crippen LogP contribution in [0.4, 0.5) is 0 Å². The fraction of sp³-hybridized carbons (Fsp3) is 0.692. The lowest BCUT2D eigenvalue weighted by Gasteiger charge is -2.13. The smallest absolute Gasteiger partial charge is 0.338 e. The van der Waals surface area contributed by atoms with Crippen molar-refractivity contribution in [1.82, 2.24) is 0 Å². The normalized spacial score (nSPS) is 11.8. The Bertz CT molecular complexity index is 596. The number of hydrogen-bond donors (Lipinski definition) is 0. The van der Waals surface area contributed by atoms with Gasteiger partial charge in [0.05, 0.1) is 23.8 Å². The Labute approximate surface area is 183 Å². The van der Waals surface area contributed by atoms with E-state index >= 15 is 0 Å². The molecule has 0 saturated carbocycles. The van der Waals surface area contributed by atoms with E-state index in [-0.39, 0.29) is 18.0 Å². The Morgan fingerprint density at radius 2 is 1.30 bits per heavy atom. The van der Waals surface area contributed by atoms with Crippen LogP contribution in [0.3, 0.4) is 0 Å². The number of ether oxygens (including phenoxy) is 2. The van der Waals surface area contributed by atoms with Crippen molar-refractivity contribution in [2.45, 2.75) is 110 Å². The summed E-state index contributed by atoms with van der Waals surface area (Å²) in [6.07, 6.45) is 15.0. The van der Waals surface area contributed by atoms with Gasteiger partial charge in [-0.3, -0.25) is 0 Å². The van der Waals surface area contributed by atoms with Crippen LogP contribution in [-0.2, 0) is 9.47 Å². The van der Waals surface area contributed by atoms with Crippen molar-refractivity contribution in [1.29, 1.82) is 0 Å². The van der Waals surface area contributed by atoms with Crippen molar-refractivity contribution in [2.75, 3.05) is 6.61 Å². The van der Waals surface area contributed by atoms with E-state index in [0.717, 1.165) is 25.7 Å². The van der Waals surface area contributed by atoms with Crippen molar-refractivity contribution in [3.05, 3.63) is 35.4 Å². The van der Waals surface area contributed by atoms with Gasteiger partial charge in [-0.25, -0.2) is 9.59 Å². The first-order chi connectivity index (χ1) is 14.6. The molecule has 0 bridgehead atoms. The van der Waals surface area contributed by atoms with Gasteiger partial charge >= 0.3 is 11.9 Å². The minimum Gasteiger partial charge on any atom is -0.462 e. The predicted octanol–water partition coefficient (Wildman–Crippen LogP) is 7.50. The molecule has 0 saturated heterocycles. The van der Waals surface area contributed by atoms with Crippen molar-refractivity contribution >= 4 is 11.9 Å². The number of benzene rings is 1. The lowest BCUT2D eigenvalue weighted by Crippen LogP contribution is -2.16. The van der Waals surface area contributed by atoms with E-state index < -0.39 is 0 Å². The van der Waals surface area contributed by atoms with Gasteiger partial charge in [-0.2, -0.15) is 0 Å². The molecule has 0 aliphatic carbocycles. The molecular formula is C26H42O4. The SMILES string of the molecule is CCCCCCCCOC(=O)c1cccc(C(=O)OC(C)CCCCCCCC)c1. The largest absolute Gasteiger partial charge is 0.462 e. The Morgan fingerprint density at radius 3 is 1.93 bits per heavy atom. The number of unbranched alkanes of at least 4 members (excludes halogenated alkanes) is 10. The van der Waals surface area contributed by atoms with Gasteiger partial charge in [0.15, 0.2) is 0 Å². The van der Waals surface area contributed by atoms with Crippen LogP contribution in [0.25, 0.3) is 0 Å². The third-order valence-electron chi connectivity index (χ3n) is 5.34. The van der Waals surface area contributed by atoms with Gasteiger partial charge in [-0.15, -0.1) is 0 Å². The van der Waals surface area contributed by atoms with E-state index in [1.807, 2.05) is 6.92 Å². The zero-order valence-corrected chi connectivity index (χ0v) is 19.4. The average Bonchev–Trinajstić information content (AvgIpc) is 2.75. The summed E-state index contributed by atoms with van der Waals surface area (Å²) in [5.41, 5.74) is 0.804. The lowest BCUT2D eigenvalue weighted by atomic mass is 10.1. The number of hydrogen-bond acceptors (Lipinski definition) is 4. The van der Waals surface area contributed by atoms with Crippen LogP contribution < -0.4 is 0 Å². The Hall–Kier alpha value is -1.84. The molecule has 0 radical (unpaired) electrons. The van der Waals surface area contributed by atoms with E-state index in [0.29, 0.717) is 17.7 Å². The molecule has 0 aliphatic rings. The Kier molecular flexibility index (Phi) is 14.8. The Morgan fingerprint density at radius 1 is 0.767 bits per heavy atom. The molecule has 1 rings (SSSR count). The second-order valence-corrected chi connectivity index (χ2v) is 8.26. The van der Waals surface area contributed by atoms with E-state index in [1.165, 1.54) is 57.8 Å². The molecule has 4 heteroatoms. The highest BCUT2D eigenvalue weighted by Gasteiger charge is 2.15. The highest BCUT2D eigenvalue weighted by Crippen LogP contribution is 2.14. The summed E-state index contributed by atoms with van der Waals surface area (Å²) in [7, 11) is 0. The molecule has 1 aromatic carbocycles. The van der Waals surface area contributed by atoms with Gasteiger partial charge in [0.1, 0.15) is 0 Å². The van der Waals surface area contributed by atoms with Crippen LogP contribution in [0.5, 0.6) is 0 Å². The van der Waals surface area contributed by atoms with Gasteiger partial charge in [-0.1, -0.05) is 84.1 Å². The minimum atomic E-state index is -0.377.